The van der Waals surface area contributed by atoms with Gasteiger partial charge in [-0.25, -0.2) is 4.79 Å². The Morgan fingerprint density at radius 3 is 1.98 bits per heavy atom. The number of rotatable bonds is 14. The van der Waals surface area contributed by atoms with Crippen molar-refractivity contribution in [1.82, 2.24) is 0 Å². The van der Waals surface area contributed by atoms with E-state index in [1.165, 1.54) is 13.0 Å². The summed E-state index contributed by atoms with van der Waals surface area (Å²) in [6.45, 7) is 20.0. The van der Waals surface area contributed by atoms with Gasteiger partial charge in [0.25, 0.3) is 0 Å². The molecule has 0 radical (unpaired) electrons. The minimum absolute atomic E-state index is 0.00982. The molecule has 0 spiro atoms. The van der Waals surface area contributed by atoms with Crippen LogP contribution in [0.3, 0.4) is 0 Å². The van der Waals surface area contributed by atoms with Gasteiger partial charge in [0.05, 0.1) is 54.1 Å². The molecule has 1 aromatic carbocycles. The molecule has 6 aliphatic carbocycles. The van der Waals surface area contributed by atoms with Crippen LogP contribution >= 0.6 is 0 Å². The van der Waals surface area contributed by atoms with E-state index in [0.29, 0.717) is 44.1 Å². The molecule has 5 saturated carbocycles. The van der Waals surface area contributed by atoms with E-state index in [9.17, 15) is 65.4 Å². The van der Waals surface area contributed by atoms with Crippen LogP contribution in [-0.2, 0) is 61.8 Å². The number of fused-ring (bicyclic) bond motifs is 7. The van der Waals surface area contributed by atoms with Gasteiger partial charge in [0.2, 0.25) is 6.29 Å². The number of hydrogen-bond donors (Lipinski definition) is 10. The van der Waals surface area contributed by atoms with Gasteiger partial charge in [-0.15, -0.1) is 0 Å². The van der Waals surface area contributed by atoms with E-state index in [1.807, 2.05) is 38.1 Å². The van der Waals surface area contributed by atoms with Crippen LogP contribution in [0.15, 0.2) is 42.5 Å². The highest BCUT2D eigenvalue weighted by Crippen LogP contribution is 2.76. The summed E-state index contributed by atoms with van der Waals surface area (Å²) in [6, 6.07) is 7.43. The van der Waals surface area contributed by atoms with E-state index in [1.54, 1.807) is 19.9 Å². The number of carbonyl (C=O) groups excluding carboxylic acids is 4. The molecule has 9 aliphatic rings. The van der Waals surface area contributed by atoms with E-state index in [2.05, 4.69) is 46.8 Å². The van der Waals surface area contributed by atoms with E-state index in [4.69, 9.17) is 42.6 Å². The second-order valence-corrected chi connectivity index (χ2v) is 29.8. The van der Waals surface area contributed by atoms with Crippen molar-refractivity contribution < 1.29 is 113 Å². The largest absolute Gasteiger partial charge is 0.455 e. The zero-order valence-corrected chi connectivity index (χ0v) is 53.6. The van der Waals surface area contributed by atoms with Crippen LogP contribution in [0, 0.1) is 69.0 Å². The lowest BCUT2D eigenvalue weighted by Crippen LogP contribution is -2.70. The van der Waals surface area contributed by atoms with Crippen LogP contribution in [0.2, 0.25) is 0 Å². The minimum atomic E-state index is -1.84. The Hall–Kier alpha value is -3.86. The first-order chi connectivity index (χ1) is 42.2. The summed E-state index contributed by atoms with van der Waals surface area (Å²) >= 11 is 0. The summed E-state index contributed by atoms with van der Waals surface area (Å²) in [5.41, 5.74) is -3.01. The average molecular weight is 1270 g/mol. The predicted octanol–water partition coefficient (Wildman–Crippen LogP) is 2.86. The zero-order chi connectivity index (χ0) is 65.7. The van der Waals surface area contributed by atoms with E-state index >= 15 is 4.79 Å². The fourth-order valence-electron chi connectivity index (χ4n) is 18.3. The number of benzene rings is 1. The number of esters is 3. The van der Waals surface area contributed by atoms with Crippen molar-refractivity contribution in [2.24, 2.45) is 62.1 Å². The molecule has 10 N–H and O–H groups in total. The molecule has 23 heteroatoms. The van der Waals surface area contributed by atoms with Crippen molar-refractivity contribution in [3.8, 4) is 0 Å². The quantitative estimate of drug-likeness (QED) is 0.0320. The maximum Gasteiger partial charge on any atom is 0.331 e. The van der Waals surface area contributed by atoms with E-state index in [0.717, 1.165) is 18.8 Å². The van der Waals surface area contributed by atoms with Gasteiger partial charge < -0.3 is 98.5 Å². The Labute approximate surface area is 526 Å². The molecule has 31 atom stereocenters. The van der Waals surface area contributed by atoms with Crippen LogP contribution in [0.25, 0.3) is 6.08 Å². The number of aldehydes is 1. The maximum absolute atomic E-state index is 15.9. The molecule has 504 valence electrons. The Morgan fingerprint density at radius 2 is 1.31 bits per heavy atom. The first kappa shape index (κ1) is 69.0. The second kappa shape index (κ2) is 25.7. The van der Waals surface area contributed by atoms with E-state index in [-0.39, 0.29) is 42.4 Å². The van der Waals surface area contributed by atoms with Gasteiger partial charge in [0.15, 0.2) is 30.9 Å². The fourth-order valence-corrected chi connectivity index (χ4v) is 18.3. The molecule has 3 heterocycles. The maximum atomic E-state index is 15.9. The predicted molar refractivity (Wildman–Crippen MR) is 317 cm³/mol. The molecular weight excluding hydrogens is 1170 g/mol. The lowest BCUT2D eigenvalue weighted by Gasteiger charge is -2.72. The highest BCUT2D eigenvalue weighted by molar-refractivity contribution is 5.87. The molecule has 3 saturated heterocycles. The van der Waals surface area contributed by atoms with Crippen molar-refractivity contribution in [2.45, 2.75) is 263 Å². The van der Waals surface area contributed by atoms with Gasteiger partial charge >= 0.3 is 17.9 Å². The van der Waals surface area contributed by atoms with Gasteiger partial charge in [-0.05, 0) is 141 Å². The monoisotopic (exact) mass is 1270 g/mol. The summed E-state index contributed by atoms with van der Waals surface area (Å²) < 4.78 is 56.3. The Bertz CT molecular complexity index is 2810. The van der Waals surface area contributed by atoms with Gasteiger partial charge in [-0.1, -0.05) is 90.4 Å². The third kappa shape index (κ3) is 11.9. The number of allylic oxidation sites excluding steroid dienone is 2. The molecule has 1 aromatic rings. The lowest BCUT2D eigenvalue weighted by molar-refractivity contribution is -0.374. The van der Waals surface area contributed by atoms with Crippen molar-refractivity contribution in [2.75, 3.05) is 6.61 Å². The summed E-state index contributed by atoms with van der Waals surface area (Å²) in [6.07, 6.45) is -19.0. The summed E-state index contributed by atoms with van der Waals surface area (Å²) in [7, 11) is 0. The molecule has 10 rings (SSSR count). The minimum Gasteiger partial charge on any atom is -0.455 e. The molecule has 23 nitrogen and oxygen atoms in total. The highest BCUT2D eigenvalue weighted by Gasteiger charge is 2.74. The standard InChI is InChI=1S/C67H98O23/c1-31-12-14-36(15-13-31)16-19-45(72)88-54-34(4)83-60(57(56(54)84-35(5)70)85-39-26-32(2)46(73)50(77)48(39)75)90-61(81)67-25-24-62(6,7)27-38(67)37-17-18-42-63(8)22-21-44(64(9,30-69)41(63)20-23-65(42,10)66(37,11)28-43(67)71)87-59-55(52(79)47(74)33(3)82-59)89-58-53(80)51(78)49(76)40(29-68)86-58/h12-19,30,32-34,37-44,46-60,68,71,73-80H,20-29H2,1-11H3/b19-16+/t32?,33?,34?,37?,38-,39?,40?,41+,42+,43+,44-,46?,47?,48?,49?,50?,51?,52?,53?,54?,55?,56?,57?,58?,59?,60?,63-,64-,65+,66+,67+/m0/s1. The SMILES string of the molecule is CC(=O)OC1C(OC(=O)/C=C/c2ccc(C)cc2)C(C)OC(OC(=O)[C@]23CCC(C)(C)C[C@H]2C2C=C[C@@H]4[C@@]5(C)CC[C@H](OC6OC(C)C(O)C(O)C6OC6OC(CO)C(O)C(O)C6O)[C@@](C)(C=O)[C@@H]5CC[C@@]4(C)[C@]2(C)C[C@H]3O)C1OC1CC(C)C(O)C(O)C1O. The normalized spacial score (nSPS) is 49.9. The second-order valence-electron chi connectivity index (χ2n) is 29.8. The summed E-state index contributed by atoms with van der Waals surface area (Å²) in [5, 5.41) is 111. The molecule has 3 aliphatic heterocycles. The molecular formula is C67H98O23. The zero-order valence-electron chi connectivity index (χ0n) is 53.6. The number of hydrogen-bond acceptors (Lipinski definition) is 23. The number of aliphatic hydroxyl groups excluding tert-OH is 10. The van der Waals surface area contributed by atoms with Crippen molar-refractivity contribution in [3.63, 3.8) is 0 Å². The van der Waals surface area contributed by atoms with Crippen LogP contribution in [0.4, 0.5) is 0 Å². The van der Waals surface area contributed by atoms with E-state index < -0.39 is 192 Å². The number of aryl methyl sites for hydroxylation is 1. The Kier molecular flexibility index (Phi) is 19.7. The number of aliphatic hydroxyl groups is 10. The molecule has 8 fully saturated rings. The van der Waals surface area contributed by atoms with Crippen LogP contribution in [0.5, 0.6) is 0 Å². The van der Waals surface area contributed by atoms with Crippen LogP contribution < -0.4 is 0 Å². The van der Waals surface area contributed by atoms with Gasteiger partial charge in [0, 0.05) is 13.0 Å². The fraction of sp³-hybridized carbons (Fsp3) is 0.791. The number of ether oxygens (including phenoxy) is 9. The third-order valence-corrected chi connectivity index (χ3v) is 23.8. The summed E-state index contributed by atoms with van der Waals surface area (Å²) in [5.74, 6) is -4.24. The smallest absolute Gasteiger partial charge is 0.331 e. The Balaban J connectivity index is 0.936. The van der Waals surface area contributed by atoms with Crippen molar-refractivity contribution in [3.05, 3.63) is 53.6 Å². The molecule has 0 amide bonds. The van der Waals surface area contributed by atoms with Crippen molar-refractivity contribution in [1.29, 1.82) is 0 Å². The van der Waals surface area contributed by atoms with Crippen LogP contribution in [0.1, 0.15) is 138 Å². The average Bonchev–Trinajstić information content (AvgIpc) is 0.673. The number of carbonyl (C=O) groups is 4. The molecule has 0 aromatic heterocycles. The summed E-state index contributed by atoms with van der Waals surface area (Å²) in [4.78, 5) is 56.7. The Morgan fingerprint density at radius 1 is 0.633 bits per heavy atom. The molecule has 21 unspecified atom stereocenters. The van der Waals surface area contributed by atoms with Crippen molar-refractivity contribution >= 4 is 30.3 Å². The van der Waals surface area contributed by atoms with Gasteiger partial charge in [-0.2, -0.15) is 0 Å². The van der Waals surface area contributed by atoms with Gasteiger partial charge in [-0.3, -0.25) is 9.59 Å². The first-order valence-corrected chi connectivity index (χ1v) is 32.3. The van der Waals surface area contributed by atoms with Crippen LogP contribution in [-0.4, -0.2) is 211 Å². The molecule has 0 bridgehead atoms. The van der Waals surface area contributed by atoms with Gasteiger partial charge in [0.1, 0.15) is 61.2 Å². The molecule has 90 heavy (non-hydrogen) atoms. The lowest BCUT2D eigenvalue weighted by atomic mass is 9.32. The first-order valence-electron chi connectivity index (χ1n) is 32.3. The highest BCUT2D eigenvalue weighted by atomic mass is 16.8. The third-order valence-electron chi connectivity index (χ3n) is 23.8. The topological polar surface area (TPSA) is 354 Å².